The highest BCUT2D eigenvalue weighted by Gasteiger charge is 2.08. The Morgan fingerprint density at radius 1 is 1.35 bits per heavy atom. The molecule has 6 heteroatoms. The largest absolute Gasteiger partial charge is 0.508 e. The van der Waals surface area contributed by atoms with Gasteiger partial charge in [0.05, 0.1) is 5.71 Å². The topological polar surface area (TPSA) is 105 Å². The molecular formula is C11H13N3O3. The Labute approximate surface area is 98.1 Å². The van der Waals surface area contributed by atoms with E-state index in [1.54, 1.807) is 12.1 Å². The van der Waals surface area contributed by atoms with Crippen molar-refractivity contribution in [1.29, 1.82) is 0 Å². The molecule has 17 heavy (non-hydrogen) atoms. The average molecular weight is 235 g/mol. The maximum atomic E-state index is 10.9. The lowest BCUT2D eigenvalue weighted by molar-refractivity contribution is -0.137. The van der Waals surface area contributed by atoms with Crippen LogP contribution in [0.1, 0.15) is 18.9 Å². The molecule has 0 unspecified atom stereocenters. The molecule has 0 radical (unpaired) electrons. The predicted molar refractivity (Wildman–Crippen MR) is 62.3 cm³/mol. The summed E-state index contributed by atoms with van der Waals surface area (Å²) in [5.41, 5.74) is 8.16. The zero-order chi connectivity index (χ0) is 12.8. The van der Waals surface area contributed by atoms with Gasteiger partial charge in [0.15, 0.2) is 0 Å². The second-order valence-corrected chi connectivity index (χ2v) is 3.26. The lowest BCUT2D eigenvalue weighted by Gasteiger charge is -2.04. The van der Waals surface area contributed by atoms with Gasteiger partial charge in [0.1, 0.15) is 5.75 Å². The van der Waals surface area contributed by atoms with Crippen LogP contribution in [0.2, 0.25) is 0 Å². The number of rotatable bonds is 3. The molecule has 2 amide bonds. The molecule has 4 N–H and O–H groups in total. The van der Waals surface area contributed by atoms with Crippen molar-refractivity contribution in [2.75, 3.05) is 0 Å². The fourth-order valence-electron chi connectivity index (χ4n) is 1.17. The van der Waals surface area contributed by atoms with Gasteiger partial charge < -0.3 is 10.8 Å². The van der Waals surface area contributed by atoms with Gasteiger partial charge in [-0.2, -0.15) is 5.10 Å². The minimum Gasteiger partial charge on any atom is -0.508 e. The van der Waals surface area contributed by atoms with Gasteiger partial charge in [-0.05, 0) is 36.2 Å². The molecule has 0 fully saturated rings. The summed E-state index contributed by atoms with van der Waals surface area (Å²) in [5.74, 6) is -1.91. The van der Waals surface area contributed by atoms with Crippen molar-refractivity contribution in [3.05, 3.63) is 29.8 Å². The molecule has 0 saturated heterocycles. The number of phenols is 1. The van der Waals surface area contributed by atoms with Crippen molar-refractivity contribution in [3.63, 3.8) is 0 Å². The Bertz CT molecular complexity index is 452. The van der Waals surface area contributed by atoms with Crippen LogP contribution in [0.3, 0.4) is 0 Å². The summed E-state index contributed by atoms with van der Waals surface area (Å²) in [6, 6.07) is 6.34. The summed E-state index contributed by atoms with van der Waals surface area (Å²) in [6.45, 7) is 1.85. The van der Waals surface area contributed by atoms with Gasteiger partial charge in [-0.25, -0.2) is 5.43 Å². The first kappa shape index (κ1) is 12.7. The number of nitrogens with zero attached hydrogens (tertiary/aromatic N) is 1. The van der Waals surface area contributed by atoms with E-state index in [-0.39, 0.29) is 5.75 Å². The maximum absolute atomic E-state index is 10.9. The van der Waals surface area contributed by atoms with E-state index in [1.165, 1.54) is 12.1 Å². The van der Waals surface area contributed by atoms with Gasteiger partial charge in [0.2, 0.25) is 0 Å². The Morgan fingerprint density at radius 3 is 2.41 bits per heavy atom. The smallest absolute Gasteiger partial charge is 0.329 e. The summed E-state index contributed by atoms with van der Waals surface area (Å²) >= 11 is 0. The second kappa shape index (κ2) is 5.64. The van der Waals surface area contributed by atoms with Crippen LogP contribution in [-0.4, -0.2) is 22.6 Å². The number of primary amides is 1. The normalized spacial score (nSPS) is 11.0. The Kier molecular flexibility index (Phi) is 4.21. The van der Waals surface area contributed by atoms with Crippen LogP contribution in [0.5, 0.6) is 5.75 Å². The number of carbonyl (C=O) groups is 2. The van der Waals surface area contributed by atoms with Gasteiger partial charge in [-0.3, -0.25) is 9.59 Å². The first-order chi connectivity index (χ1) is 8.04. The molecule has 1 aromatic carbocycles. The number of hydrazone groups is 1. The molecule has 0 aromatic heterocycles. The van der Waals surface area contributed by atoms with E-state index in [0.29, 0.717) is 12.1 Å². The van der Waals surface area contributed by atoms with Crippen molar-refractivity contribution in [1.82, 2.24) is 5.43 Å². The van der Waals surface area contributed by atoms with E-state index in [0.717, 1.165) is 5.56 Å². The third-order valence-corrected chi connectivity index (χ3v) is 2.05. The third kappa shape index (κ3) is 3.60. The fraction of sp³-hybridized carbons (Fsp3) is 0.182. The number of phenolic OH excluding ortho intramolecular Hbond substituents is 1. The highest BCUT2D eigenvalue weighted by Crippen LogP contribution is 2.11. The number of amides is 2. The summed E-state index contributed by atoms with van der Waals surface area (Å²) in [7, 11) is 0. The van der Waals surface area contributed by atoms with E-state index < -0.39 is 11.8 Å². The van der Waals surface area contributed by atoms with E-state index in [1.807, 2.05) is 6.92 Å². The highest BCUT2D eigenvalue weighted by atomic mass is 16.3. The van der Waals surface area contributed by atoms with Gasteiger partial charge in [-0.1, -0.05) is 6.92 Å². The van der Waals surface area contributed by atoms with Crippen LogP contribution in [0.4, 0.5) is 0 Å². The molecular weight excluding hydrogens is 222 g/mol. The quantitative estimate of drug-likeness (QED) is 0.393. The number of carbonyl (C=O) groups excluding carboxylic acids is 2. The van der Waals surface area contributed by atoms with Crippen LogP contribution in [0.15, 0.2) is 29.4 Å². The van der Waals surface area contributed by atoms with Gasteiger partial charge >= 0.3 is 11.8 Å². The van der Waals surface area contributed by atoms with Crippen molar-refractivity contribution in [2.24, 2.45) is 10.8 Å². The number of hydrogen-bond donors (Lipinski definition) is 3. The molecule has 0 aliphatic carbocycles. The van der Waals surface area contributed by atoms with Gasteiger partial charge in [-0.15, -0.1) is 0 Å². The Morgan fingerprint density at radius 2 is 1.94 bits per heavy atom. The maximum Gasteiger partial charge on any atom is 0.329 e. The monoisotopic (exact) mass is 235 g/mol. The van der Waals surface area contributed by atoms with E-state index in [2.05, 4.69) is 10.5 Å². The van der Waals surface area contributed by atoms with Gasteiger partial charge in [0, 0.05) is 0 Å². The standard InChI is InChI=1S/C11H13N3O3/c1-2-9(13-14-11(17)10(12)16)7-3-5-8(15)6-4-7/h3-6,15H,2H2,1H3,(H2,12,16)(H,14,17). The van der Waals surface area contributed by atoms with Crippen LogP contribution >= 0.6 is 0 Å². The molecule has 0 spiro atoms. The van der Waals surface area contributed by atoms with Crippen LogP contribution < -0.4 is 11.2 Å². The third-order valence-electron chi connectivity index (χ3n) is 2.05. The number of benzene rings is 1. The molecule has 1 rings (SSSR count). The van der Waals surface area contributed by atoms with E-state index in [9.17, 15) is 9.59 Å². The van der Waals surface area contributed by atoms with Crippen molar-refractivity contribution < 1.29 is 14.7 Å². The van der Waals surface area contributed by atoms with Crippen molar-refractivity contribution in [3.8, 4) is 5.75 Å². The van der Waals surface area contributed by atoms with E-state index in [4.69, 9.17) is 10.8 Å². The van der Waals surface area contributed by atoms with Crippen molar-refractivity contribution in [2.45, 2.75) is 13.3 Å². The van der Waals surface area contributed by atoms with Crippen LogP contribution in [0, 0.1) is 0 Å². The molecule has 1 aromatic rings. The number of aromatic hydroxyl groups is 1. The van der Waals surface area contributed by atoms with Crippen LogP contribution in [0.25, 0.3) is 0 Å². The Balaban J connectivity index is 2.84. The minimum atomic E-state index is -1.09. The second-order valence-electron chi connectivity index (χ2n) is 3.26. The lowest BCUT2D eigenvalue weighted by Crippen LogP contribution is -2.33. The summed E-state index contributed by atoms with van der Waals surface area (Å²) < 4.78 is 0. The SMILES string of the molecule is CCC(=NNC(=O)C(N)=O)c1ccc(O)cc1. The molecule has 0 atom stereocenters. The summed E-state index contributed by atoms with van der Waals surface area (Å²) in [6.07, 6.45) is 0.559. The Hall–Kier alpha value is -2.37. The average Bonchev–Trinajstić information content (AvgIpc) is 2.31. The molecule has 0 heterocycles. The first-order valence-electron chi connectivity index (χ1n) is 5.00. The molecule has 0 saturated carbocycles. The van der Waals surface area contributed by atoms with Crippen LogP contribution in [-0.2, 0) is 9.59 Å². The molecule has 0 bridgehead atoms. The first-order valence-corrected chi connectivity index (χ1v) is 5.00. The number of nitrogens with one attached hydrogen (secondary N) is 1. The fourth-order valence-corrected chi connectivity index (χ4v) is 1.17. The zero-order valence-electron chi connectivity index (χ0n) is 9.30. The number of hydrogen-bond acceptors (Lipinski definition) is 4. The summed E-state index contributed by atoms with van der Waals surface area (Å²) in [5, 5.41) is 12.9. The molecule has 90 valence electrons. The minimum absolute atomic E-state index is 0.144. The van der Waals surface area contributed by atoms with E-state index >= 15 is 0 Å². The zero-order valence-corrected chi connectivity index (χ0v) is 9.30. The summed E-state index contributed by atoms with van der Waals surface area (Å²) in [4.78, 5) is 21.4. The molecule has 6 nitrogen and oxygen atoms in total. The van der Waals surface area contributed by atoms with Crippen molar-refractivity contribution >= 4 is 17.5 Å². The molecule has 0 aliphatic heterocycles. The number of nitrogens with two attached hydrogens (primary N) is 1. The van der Waals surface area contributed by atoms with Gasteiger partial charge in [0.25, 0.3) is 0 Å². The molecule has 0 aliphatic rings. The lowest BCUT2D eigenvalue weighted by atomic mass is 10.1. The highest BCUT2D eigenvalue weighted by molar-refractivity contribution is 6.34. The predicted octanol–water partition coefficient (Wildman–Crippen LogP) is 0.108.